The summed E-state index contributed by atoms with van der Waals surface area (Å²) >= 11 is 0. The average Bonchev–Trinajstić information content (AvgIpc) is 3.65. The molecule has 0 spiro atoms. The smallest absolute Gasteiger partial charge is 0.321 e. The van der Waals surface area contributed by atoms with Crippen molar-refractivity contribution >= 4 is 11.9 Å². The number of aromatic nitrogens is 2. The zero-order chi connectivity index (χ0) is 29.6. The third kappa shape index (κ3) is 7.29. The molecule has 3 unspecified atom stereocenters. The first-order valence-electron chi connectivity index (χ1n) is 16.4. The summed E-state index contributed by atoms with van der Waals surface area (Å²) in [5.41, 5.74) is 2.66. The van der Waals surface area contributed by atoms with Gasteiger partial charge in [-0.3, -0.25) is 9.69 Å². The fourth-order valence-electron chi connectivity index (χ4n) is 7.99. The lowest BCUT2D eigenvalue weighted by Crippen LogP contribution is -2.48. The number of piperidine rings is 1. The van der Waals surface area contributed by atoms with Gasteiger partial charge in [-0.15, -0.1) is 0 Å². The van der Waals surface area contributed by atoms with Crippen LogP contribution in [0.25, 0.3) is 0 Å². The van der Waals surface area contributed by atoms with Crippen molar-refractivity contribution in [3.8, 4) is 0 Å². The van der Waals surface area contributed by atoms with Gasteiger partial charge in [0.2, 0.25) is 5.89 Å². The number of hydrogen-bond acceptors (Lipinski definition) is 7. The van der Waals surface area contributed by atoms with Crippen LogP contribution in [0.2, 0.25) is 0 Å². The van der Waals surface area contributed by atoms with E-state index < -0.39 is 5.97 Å². The van der Waals surface area contributed by atoms with E-state index >= 15 is 0 Å². The van der Waals surface area contributed by atoms with Crippen LogP contribution in [-0.4, -0.2) is 82.4 Å². The fourth-order valence-corrected chi connectivity index (χ4v) is 7.99. The second-order valence-electron chi connectivity index (χ2n) is 13.0. The van der Waals surface area contributed by atoms with E-state index in [4.69, 9.17) is 4.52 Å². The molecular formula is C35H47N5O3. The van der Waals surface area contributed by atoms with Crippen molar-refractivity contribution in [1.82, 2.24) is 19.9 Å². The molecule has 3 atom stereocenters. The molecule has 3 fully saturated rings. The number of benzene rings is 2. The number of hydrogen-bond donors (Lipinski definition) is 1. The van der Waals surface area contributed by atoms with E-state index in [1.165, 1.54) is 17.5 Å². The Labute approximate surface area is 256 Å². The number of aryl methyl sites for hydroxylation is 1. The van der Waals surface area contributed by atoms with Gasteiger partial charge >= 0.3 is 5.97 Å². The molecule has 1 N–H and O–H groups in total. The zero-order valence-corrected chi connectivity index (χ0v) is 25.6. The maximum absolute atomic E-state index is 12.6. The maximum atomic E-state index is 12.6. The summed E-state index contributed by atoms with van der Waals surface area (Å²) in [4.78, 5) is 24.5. The van der Waals surface area contributed by atoms with E-state index in [9.17, 15) is 9.90 Å². The molecule has 2 aliphatic heterocycles. The van der Waals surface area contributed by atoms with E-state index in [2.05, 4.69) is 85.5 Å². The molecule has 8 nitrogen and oxygen atoms in total. The van der Waals surface area contributed by atoms with Crippen molar-refractivity contribution in [1.29, 1.82) is 0 Å². The molecule has 2 aromatic carbocycles. The van der Waals surface area contributed by atoms with Crippen molar-refractivity contribution in [3.05, 3.63) is 77.7 Å². The van der Waals surface area contributed by atoms with Crippen LogP contribution in [0.3, 0.4) is 0 Å². The minimum absolute atomic E-state index is 0.271. The fraction of sp³-hybridized carbons (Fsp3) is 0.571. The lowest BCUT2D eigenvalue weighted by Gasteiger charge is -2.39. The van der Waals surface area contributed by atoms with Gasteiger partial charge in [0.15, 0.2) is 0 Å². The van der Waals surface area contributed by atoms with Gasteiger partial charge in [-0.25, -0.2) is 0 Å². The number of nitrogens with zero attached hydrogens (tertiary/aromatic N) is 5. The number of rotatable bonds is 11. The Kier molecular flexibility index (Phi) is 9.74. The average molecular weight is 586 g/mol. The predicted molar refractivity (Wildman–Crippen MR) is 168 cm³/mol. The molecule has 6 rings (SSSR count). The highest BCUT2D eigenvalue weighted by molar-refractivity contribution is 5.74. The zero-order valence-electron chi connectivity index (χ0n) is 25.6. The minimum atomic E-state index is -0.632. The summed E-state index contributed by atoms with van der Waals surface area (Å²) in [6.45, 7) is 7.45. The van der Waals surface area contributed by atoms with E-state index in [0.29, 0.717) is 29.7 Å². The summed E-state index contributed by atoms with van der Waals surface area (Å²) in [6.07, 6.45) is 8.69. The van der Waals surface area contributed by atoms with Crippen molar-refractivity contribution in [2.24, 2.45) is 11.8 Å². The summed E-state index contributed by atoms with van der Waals surface area (Å²) in [6, 6.07) is 21.4. The SMILES string of the molecule is Cc1nc(N(CCc2ccccc2)C2CCN(CC3CN(C(C(=O)O)C4CCCCC4)CC3c3ccccc3)CC2)no1. The molecule has 1 aliphatic carbocycles. The molecule has 1 saturated carbocycles. The van der Waals surface area contributed by atoms with E-state index in [0.717, 1.165) is 84.2 Å². The Bertz CT molecular complexity index is 1290. The normalized spacial score (nSPS) is 23.4. The van der Waals surface area contributed by atoms with Gasteiger partial charge < -0.3 is 19.4 Å². The monoisotopic (exact) mass is 585 g/mol. The first-order valence-corrected chi connectivity index (χ1v) is 16.4. The highest BCUT2D eigenvalue weighted by Crippen LogP contribution is 2.38. The van der Waals surface area contributed by atoms with Gasteiger partial charge in [0.25, 0.3) is 5.95 Å². The number of anilines is 1. The van der Waals surface area contributed by atoms with Gasteiger partial charge in [-0.05, 0) is 60.2 Å². The summed E-state index contributed by atoms with van der Waals surface area (Å²) < 4.78 is 5.38. The van der Waals surface area contributed by atoms with Crippen LogP contribution in [0.15, 0.2) is 65.2 Å². The standard InChI is InChI=1S/C35H47N5O3/c1-26-36-35(37-43-26)40(22-17-27-11-5-2-6-12-27)31-18-20-38(21-19-31)23-30-24-39(25-32(30)28-13-7-3-8-14-28)33(34(41)42)29-15-9-4-10-16-29/h2-3,5-8,11-14,29-33H,4,9-10,15-25H2,1H3,(H,41,42). The maximum Gasteiger partial charge on any atom is 0.321 e. The lowest BCUT2D eigenvalue weighted by atomic mass is 9.83. The van der Waals surface area contributed by atoms with E-state index in [1.54, 1.807) is 0 Å². The highest BCUT2D eigenvalue weighted by Gasteiger charge is 2.43. The molecule has 230 valence electrons. The van der Waals surface area contributed by atoms with Crippen LogP contribution < -0.4 is 4.90 Å². The Morgan fingerprint density at radius 3 is 2.33 bits per heavy atom. The van der Waals surface area contributed by atoms with Crippen LogP contribution in [0.1, 0.15) is 67.9 Å². The molecule has 8 heteroatoms. The highest BCUT2D eigenvalue weighted by atomic mass is 16.5. The second-order valence-corrected chi connectivity index (χ2v) is 13.0. The van der Waals surface area contributed by atoms with Gasteiger partial charge in [0, 0.05) is 58.2 Å². The number of carboxylic acid groups (broad SMARTS) is 1. The molecule has 2 saturated heterocycles. The number of aliphatic carboxylic acids is 1. The number of carboxylic acids is 1. The minimum Gasteiger partial charge on any atom is -0.480 e. The van der Waals surface area contributed by atoms with Crippen LogP contribution >= 0.6 is 0 Å². The van der Waals surface area contributed by atoms with Crippen molar-refractivity contribution in [2.45, 2.75) is 76.3 Å². The number of likely N-dealkylation sites (tertiary alicyclic amines) is 2. The van der Waals surface area contributed by atoms with E-state index in [1.807, 2.05) is 6.92 Å². The largest absolute Gasteiger partial charge is 0.480 e. The van der Waals surface area contributed by atoms with E-state index in [-0.39, 0.29) is 12.0 Å². The first kappa shape index (κ1) is 29.8. The number of carbonyl (C=O) groups is 1. The molecule has 0 radical (unpaired) electrons. The lowest BCUT2D eigenvalue weighted by molar-refractivity contribution is -0.145. The third-order valence-electron chi connectivity index (χ3n) is 10.2. The second kappa shape index (κ2) is 14.0. The first-order chi connectivity index (χ1) is 21.0. The Balaban J connectivity index is 1.12. The molecular weight excluding hydrogens is 538 g/mol. The topological polar surface area (TPSA) is 85.9 Å². The van der Waals surface area contributed by atoms with Gasteiger partial charge in [0.05, 0.1) is 0 Å². The van der Waals surface area contributed by atoms with Gasteiger partial charge in [0.1, 0.15) is 6.04 Å². The molecule has 0 bridgehead atoms. The Morgan fingerprint density at radius 2 is 1.67 bits per heavy atom. The van der Waals surface area contributed by atoms with Crippen LogP contribution in [0.4, 0.5) is 5.95 Å². The molecule has 0 amide bonds. The Morgan fingerprint density at radius 1 is 0.977 bits per heavy atom. The molecule has 3 heterocycles. The third-order valence-corrected chi connectivity index (χ3v) is 10.2. The van der Waals surface area contributed by atoms with Gasteiger partial charge in [-0.1, -0.05) is 79.9 Å². The summed E-state index contributed by atoms with van der Waals surface area (Å²) in [5.74, 6) is 1.71. The predicted octanol–water partition coefficient (Wildman–Crippen LogP) is 5.64. The molecule has 43 heavy (non-hydrogen) atoms. The van der Waals surface area contributed by atoms with Crippen molar-refractivity contribution in [2.75, 3.05) is 44.2 Å². The van der Waals surface area contributed by atoms with Crippen LogP contribution in [0.5, 0.6) is 0 Å². The van der Waals surface area contributed by atoms with Crippen LogP contribution in [0, 0.1) is 18.8 Å². The molecule has 1 aromatic heterocycles. The summed E-state index contributed by atoms with van der Waals surface area (Å²) in [7, 11) is 0. The van der Waals surface area contributed by atoms with Gasteiger partial charge in [-0.2, -0.15) is 4.98 Å². The van der Waals surface area contributed by atoms with Crippen LogP contribution in [-0.2, 0) is 11.2 Å². The van der Waals surface area contributed by atoms with Crippen molar-refractivity contribution < 1.29 is 14.4 Å². The molecule has 3 aliphatic rings. The Hall–Kier alpha value is -3.23. The quantitative estimate of drug-likeness (QED) is 0.310. The van der Waals surface area contributed by atoms with Crippen molar-refractivity contribution in [3.63, 3.8) is 0 Å². The summed E-state index contributed by atoms with van der Waals surface area (Å²) in [5, 5.41) is 14.7. The molecule has 3 aromatic rings.